The number of nitrogens with one attached hydrogen (secondary N) is 1. The molecule has 0 radical (unpaired) electrons. The lowest BCUT2D eigenvalue weighted by atomic mass is 9.91. The van der Waals surface area contributed by atoms with Crippen LogP contribution in [-0.4, -0.2) is 52.0 Å². The van der Waals surface area contributed by atoms with Crippen molar-refractivity contribution in [2.24, 2.45) is 0 Å². The summed E-state index contributed by atoms with van der Waals surface area (Å²) in [5.41, 5.74) is 2.65. The Kier molecular flexibility index (Phi) is 6.26. The number of carbonyl (C=O) groups is 1. The molecule has 8 nitrogen and oxygen atoms in total. The molecule has 2 atom stereocenters. The molecular weight excluding hydrogens is 534 g/mol. The molecule has 0 spiro atoms. The molecule has 2 aliphatic heterocycles. The smallest absolute Gasteiger partial charge is 0.267 e. The molecule has 4 heterocycles. The summed E-state index contributed by atoms with van der Waals surface area (Å²) < 4.78 is 7.58. The molecule has 0 amide bonds. The number of aromatic nitrogens is 3. The molecule has 2 aliphatic rings. The monoisotopic (exact) mass is 559 g/mol. The van der Waals surface area contributed by atoms with Gasteiger partial charge in [-0.3, -0.25) is 14.2 Å². The van der Waals surface area contributed by atoms with Crippen LogP contribution < -0.4 is 15.6 Å². The van der Waals surface area contributed by atoms with E-state index in [1.165, 1.54) is 23.0 Å². The maximum Gasteiger partial charge on any atom is 0.267 e. The van der Waals surface area contributed by atoms with Crippen LogP contribution in [0, 0.1) is 0 Å². The van der Waals surface area contributed by atoms with Gasteiger partial charge in [-0.2, -0.15) is 4.98 Å². The number of carbonyl (C=O) groups excluding carboxylic acids is 1. The summed E-state index contributed by atoms with van der Waals surface area (Å²) in [5, 5.41) is 3.89. The molecule has 2 aromatic heterocycles. The molecule has 1 N–H and O–H groups in total. The molecular formula is C28H26BrN5O3. The number of hydrogen-bond acceptors (Lipinski definition) is 7. The zero-order valence-electron chi connectivity index (χ0n) is 20.4. The highest BCUT2D eigenvalue weighted by Gasteiger charge is 2.32. The number of likely N-dealkylation sites (tertiary alicyclic amines) is 1. The van der Waals surface area contributed by atoms with Gasteiger partial charge >= 0.3 is 0 Å². The summed E-state index contributed by atoms with van der Waals surface area (Å²) in [4.78, 5) is 38.1. The Labute approximate surface area is 222 Å². The standard InChI is InChI=1S/C28H26BrN5O3/c1-33-12-4-5-18(15-33)17-8-10-20(11-9-17)31-28-30-14-19-13-22(29)27(36)34(26(19)32-28)23-16-37-24-7-3-2-6-21(24)25(23)35/h2-3,6-11,13-14,18,23H,4-5,12,15-16H2,1H3,(H,30,31,32). The van der Waals surface area contributed by atoms with E-state index in [0.717, 1.165) is 18.8 Å². The molecule has 4 aromatic rings. The summed E-state index contributed by atoms with van der Waals surface area (Å²) in [5.74, 6) is 1.23. The molecule has 188 valence electrons. The fraction of sp³-hybridized carbons (Fsp3) is 0.286. The molecule has 2 aromatic carbocycles. The predicted octanol–water partition coefficient (Wildman–Crippen LogP) is 4.92. The maximum atomic E-state index is 13.4. The lowest BCUT2D eigenvalue weighted by Crippen LogP contribution is -2.37. The van der Waals surface area contributed by atoms with E-state index in [2.05, 4.69) is 55.3 Å². The Morgan fingerprint density at radius 1 is 1.11 bits per heavy atom. The van der Waals surface area contributed by atoms with Crippen LogP contribution in [0.15, 0.2) is 70.1 Å². The number of para-hydroxylation sites is 1. The molecule has 37 heavy (non-hydrogen) atoms. The minimum atomic E-state index is -0.835. The Morgan fingerprint density at radius 2 is 1.92 bits per heavy atom. The van der Waals surface area contributed by atoms with Crippen LogP contribution in [0.25, 0.3) is 11.0 Å². The largest absolute Gasteiger partial charge is 0.490 e. The lowest BCUT2D eigenvalue weighted by Gasteiger charge is -2.30. The number of nitrogens with zero attached hydrogens (tertiary/aromatic N) is 4. The molecule has 1 fully saturated rings. The number of fused-ring (bicyclic) bond motifs is 2. The van der Waals surface area contributed by atoms with Crippen LogP contribution in [0.4, 0.5) is 11.6 Å². The van der Waals surface area contributed by atoms with Crippen molar-refractivity contribution in [1.29, 1.82) is 0 Å². The fourth-order valence-corrected chi connectivity index (χ4v) is 5.69. The van der Waals surface area contributed by atoms with Crippen LogP contribution in [0.1, 0.15) is 40.7 Å². The van der Waals surface area contributed by atoms with Crippen LogP contribution in [0.3, 0.4) is 0 Å². The summed E-state index contributed by atoms with van der Waals surface area (Å²) in [7, 11) is 2.17. The number of Topliss-reactive ketones (excluding diaryl/α,β-unsaturated/α-hetero) is 1. The first kappa shape index (κ1) is 23.8. The summed E-state index contributed by atoms with van der Waals surface area (Å²) >= 11 is 3.34. The average Bonchev–Trinajstić information content (AvgIpc) is 2.91. The quantitative estimate of drug-likeness (QED) is 0.379. The first-order valence-electron chi connectivity index (χ1n) is 12.4. The van der Waals surface area contributed by atoms with Crippen LogP contribution in [0.5, 0.6) is 5.75 Å². The summed E-state index contributed by atoms with van der Waals surface area (Å²) in [6, 6.07) is 16.3. The van der Waals surface area contributed by atoms with Crippen molar-refractivity contribution in [3.05, 3.63) is 86.7 Å². The number of ketones is 1. The number of benzene rings is 2. The number of likely N-dealkylation sites (N-methyl/N-ethyl adjacent to an activating group) is 1. The zero-order valence-corrected chi connectivity index (χ0v) is 21.9. The van der Waals surface area contributed by atoms with Crippen molar-refractivity contribution in [3.8, 4) is 5.75 Å². The molecule has 9 heteroatoms. The maximum absolute atomic E-state index is 13.4. The number of piperidine rings is 1. The third kappa shape index (κ3) is 4.53. The molecule has 2 unspecified atom stereocenters. The van der Waals surface area contributed by atoms with Gasteiger partial charge in [-0.1, -0.05) is 24.3 Å². The zero-order chi connectivity index (χ0) is 25.5. The number of anilines is 2. The highest BCUT2D eigenvalue weighted by Crippen LogP contribution is 2.31. The third-order valence-electron chi connectivity index (χ3n) is 7.16. The lowest BCUT2D eigenvalue weighted by molar-refractivity contribution is 0.0841. The van der Waals surface area contributed by atoms with Gasteiger partial charge in [-0.05, 0) is 84.2 Å². The minimum absolute atomic E-state index is 0.0475. The van der Waals surface area contributed by atoms with Crippen molar-refractivity contribution in [2.45, 2.75) is 24.8 Å². The molecule has 1 saturated heterocycles. The van der Waals surface area contributed by atoms with E-state index in [1.54, 1.807) is 30.5 Å². The fourth-order valence-electron chi connectivity index (χ4n) is 5.25. The first-order chi connectivity index (χ1) is 18.0. The Hall–Kier alpha value is -3.56. The van der Waals surface area contributed by atoms with E-state index in [1.807, 2.05) is 18.2 Å². The van der Waals surface area contributed by atoms with Gasteiger partial charge in [0.25, 0.3) is 5.56 Å². The molecule has 0 saturated carbocycles. The second-order valence-corrected chi connectivity index (χ2v) is 10.5. The second kappa shape index (κ2) is 9.72. The highest BCUT2D eigenvalue weighted by molar-refractivity contribution is 9.10. The molecule has 0 aliphatic carbocycles. The summed E-state index contributed by atoms with van der Waals surface area (Å²) in [6.07, 6.45) is 4.07. The van der Waals surface area contributed by atoms with E-state index in [-0.39, 0.29) is 17.9 Å². The normalized spacial score (nSPS) is 19.9. The van der Waals surface area contributed by atoms with Crippen molar-refractivity contribution in [3.63, 3.8) is 0 Å². The van der Waals surface area contributed by atoms with Gasteiger partial charge in [0, 0.05) is 23.8 Å². The molecule has 0 bridgehead atoms. The Morgan fingerprint density at radius 3 is 2.73 bits per heavy atom. The first-order valence-corrected chi connectivity index (χ1v) is 13.2. The summed E-state index contributed by atoms with van der Waals surface area (Å²) in [6.45, 7) is 2.27. The van der Waals surface area contributed by atoms with Crippen molar-refractivity contribution in [2.75, 3.05) is 32.1 Å². The highest BCUT2D eigenvalue weighted by atomic mass is 79.9. The van der Waals surface area contributed by atoms with Gasteiger partial charge in [0.15, 0.2) is 5.78 Å². The number of ether oxygens (including phenoxy) is 1. The van der Waals surface area contributed by atoms with Crippen molar-refractivity contribution in [1.82, 2.24) is 19.4 Å². The SMILES string of the molecule is CN1CCCC(c2ccc(Nc3ncc4cc(Br)c(=O)n(C5COc6ccccc6C5=O)c4n3)cc2)C1. The number of pyridine rings is 1. The van der Waals surface area contributed by atoms with E-state index in [9.17, 15) is 9.59 Å². The second-order valence-electron chi connectivity index (χ2n) is 9.68. The van der Waals surface area contributed by atoms with E-state index < -0.39 is 6.04 Å². The molecule has 6 rings (SSSR count). The van der Waals surface area contributed by atoms with Crippen LogP contribution >= 0.6 is 15.9 Å². The Bertz CT molecular complexity index is 1550. The average molecular weight is 560 g/mol. The predicted molar refractivity (Wildman–Crippen MR) is 146 cm³/mol. The van der Waals surface area contributed by atoms with Crippen molar-refractivity contribution < 1.29 is 9.53 Å². The third-order valence-corrected chi connectivity index (χ3v) is 7.72. The number of rotatable bonds is 4. The number of hydrogen-bond donors (Lipinski definition) is 1. The van der Waals surface area contributed by atoms with Gasteiger partial charge in [0.1, 0.15) is 24.0 Å². The topological polar surface area (TPSA) is 89.4 Å². The van der Waals surface area contributed by atoms with E-state index >= 15 is 0 Å². The van der Waals surface area contributed by atoms with Gasteiger partial charge in [-0.25, -0.2) is 4.98 Å². The van der Waals surface area contributed by atoms with Gasteiger partial charge in [0.2, 0.25) is 5.95 Å². The van der Waals surface area contributed by atoms with Crippen LogP contribution in [-0.2, 0) is 0 Å². The van der Waals surface area contributed by atoms with E-state index in [0.29, 0.717) is 38.7 Å². The van der Waals surface area contributed by atoms with E-state index in [4.69, 9.17) is 4.74 Å². The van der Waals surface area contributed by atoms with Gasteiger partial charge < -0.3 is 15.0 Å². The van der Waals surface area contributed by atoms with Gasteiger partial charge in [-0.15, -0.1) is 0 Å². The number of halogens is 1. The minimum Gasteiger partial charge on any atom is -0.490 e. The van der Waals surface area contributed by atoms with Crippen LogP contribution in [0.2, 0.25) is 0 Å². The van der Waals surface area contributed by atoms with Crippen molar-refractivity contribution >= 4 is 44.4 Å². The van der Waals surface area contributed by atoms with Gasteiger partial charge in [0.05, 0.1) is 10.0 Å². The Balaban J connectivity index is 1.33.